The van der Waals surface area contributed by atoms with Crippen molar-refractivity contribution in [2.45, 2.75) is 12.5 Å². The molecule has 1 atom stereocenters. The first-order valence-electron chi connectivity index (χ1n) is 2.83. The highest BCUT2D eigenvalue weighted by molar-refractivity contribution is 7.98. The molecule has 0 unspecified atom stereocenters. The molecule has 5 heteroatoms. The molecule has 0 aliphatic carbocycles. The van der Waals surface area contributed by atoms with Gasteiger partial charge in [-0.15, -0.1) is 0 Å². The van der Waals surface area contributed by atoms with Gasteiger partial charge in [-0.3, -0.25) is 4.79 Å². The van der Waals surface area contributed by atoms with Gasteiger partial charge in [-0.2, -0.15) is 17.2 Å². The summed E-state index contributed by atoms with van der Waals surface area (Å²) >= 11 is 1.55. The normalized spacial score (nSPS) is 13.0. The van der Waals surface area contributed by atoms with Crippen LogP contribution in [-0.4, -0.2) is 34.3 Å². The molecule has 0 radical (unpaired) electrons. The number of carboxylic acids is 1. The van der Waals surface area contributed by atoms with Crippen molar-refractivity contribution < 1.29 is 15.1 Å². The average molecular weight is 165 g/mol. The summed E-state index contributed by atoms with van der Waals surface area (Å²) in [6.45, 7) is 0. The lowest BCUT2D eigenvalue weighted by molar-refractivity contribution is -0.142. The Labute approximate surface area is 63.6 Å². The Bertz CT molecular complexity index is 109. The first kappa shape index (κ1) is 9.74. The van der Waals surface area contributed by atoms with Gasteiger partial charge in [0.05, 0.1) is 0 Å². The fourth-order valence-electron chi connectivity index (χ4n) is 0.479. The molecule has 0 saturated heterocycles. The lowest BCUT2D eigenvalue weighted by Crippen LogP contribution is -2.34. The number of hydrogen-bond acceptors (Lipinski definition) is 4. The van der Waals surface area contributed by atoms with Crippen LogP contribution in [0.1, 0.15) is 6.42 Å². The monoisotopic (exact) mass is 165 g/mol. The second-order valence-corrected chi connectivity index (χ2v) is 2.79. The van der Waals surface area contributed by atoms with E-state index in [1.807, 2.05) is 6.26 Å². The molecule has 0 amide bonds. The summed E-state index contributed by atoms with van der Waals surface area (Å²) in [6.07, 6.45) is 2.32. The minimum absolute atomic E-state index is 0.438. The fraction of sp³-hybridized carbons (Fsp3) is 0.800. The van der Waals surface area contributed by atoms with Crippen molar-refractivity contribution in [3.05, 3.63) is 0 Å². The maximum Gasteiger partial charge on any atom is 0.323 e. The quantitative estimate of drug-likeness (QED) is 0.507. The molecule has 0 fully saturated rings. The van der Waals surface area contributed by atoms with Crippen LogP contribution in [0.5, 0.6) is 0 Å². The van der Waals surface area contributed by atoms with E-state index in [0.29, 0.717) is 6.42 Å². The summed E-state index contributed by atoms with van der Waals surface area (Å²) in [5, 5.41) is 16.7. The molecule has 0 rings (SSSR count). The highest BCUT2D eigenvalue weighted by Gasteiger charge is 2.14. The number of thioether (sulfide) groups is 1. The van der Waals surface area contributed by atoms with Crippen molar-refractivity contribution in [3.63, 3.8) is 0 Å². The van der Waals surface area contributed by atoms with Crippen LogP contribution in [0, 0.1) is 0 Å². The van der Waals surface area contributed by atoms with Crippen molar-refractivity contribution in [2.75, 3.05) is 12.0 Å². The van der Waals surface area contributed by atoms with E-state index in [1.165, 1.54) is 0 Å². The van der Waals surface area contributed by atoms with Crippen LogP contribution in [0.3, 0.4) is 0 Å². The maximum absolute atomic E-state index is 10.2. The second-order valence-electron chi connectivity index (χ2n) is 1.80. The zero-order valence-corrected chi connectivity index (χ0v) is 6.52. The number of carbonyl (C=O) groups is 1. The molecule has 0 aliphatic rings. The van der Waals surface area contributed by atoms with Gasteiger partial charge in [-0.25, -0.2) is 0 Å². The third-order valence-electron chi connectivity index (χ3n) is 1.06. The van der Waals surface area contributed by atoms with Crippen molar-refractivity contribution in [1.29, 1.82) is 0 Å². The Kier molecular flexibility index (Phi) is 5.38. The Morgan fingerprint density at radius 2 is 2.40 bits per heavy atom. The van der Waals surface area contributed by atoms with E-state index in [9.17, 15) is 4.79 Å². The van der Waals surface area contributed by atoms with E-state index in [-0.39, 0.29) is 0 Å². The standard InChI is InChI=1S/C5H11NO3S/c1-10-3-2-4(6-9)5(7)8/h4,6,9H,2-3H2,1H3,(H,7,8)/t4-/m1/s1. The van der Waals surface area contributed by atoms with Crippen LogP contribution in [-0.2, 0) is 4.79 Å². The second kappa shape index (κ2) is 5.52. The number of hydroxylamine groups is 1. The van der Waals surface area contributed by atoms with E-state index in [0.717, 1.165) is 5.75 Å². The lowest BCUT2D eigenvalue weighted by Gasteiger charge is -2.07. The molecular weight excluding hydrogens is 154 g/mol. The molecule has 10 heavy (non-hydrogen) atoms. The van der Waals surface area contributed by atoms with E-state index < -0.39 is 12.0 Å². The third kappa shape index (κ3) is 3.71. The highest BCUT2D eigenvalue weighted by Crippen LogP contribution is 1.99. The van der Waals surface area contributed by atoms with Crippen molar-refractivity contribution in [3.8, 4) is 0 Å². The number of aliphatic carboxylic acids is 1. The molecule has 0 spiro atoms. The van der Waals surface area contributed by atoms with E-state index >= 15 is 0 Å². The summed E-state index contributed by atoms with van der Waals surface area (Å²) in [5.74, 6) is -0.290. The Morgan fingerprint density at radius 3 is 2.70 bits per heavy atom. The molecule has 0 heterocycles. The summed E-state index contributed by atoms with van der Waals surface area (Å²) in [6, 6.07) is -0.826. The minimum atomic E-state index is -1.02. The molecule has 0 aliphatic heterocycles. The highest BCUT2D eigenvalue weighted by atomic mass is 32.2. The third-order valence-corrected chi connectivity index (χ3v) is 1.71. The van der Waals surface area contributed by atoms with Gasteiger partial charge in [0, 0.05) is 0 Å². The minimum Gasteiger partial charge on any atom is -0.480 e. The topological polar surface area (TPSA) is 69.6 Å². The maximum atomic E-state index is 10.2. The smallest absolute Gasteiger partial charge is 0.323 e. The van der Waals surface area contributed by atoms with Gasteiger partial charge >= 0.3 is 5.97 Å². The number of carboxylic acid groups (broad SMARTS) is 1. The fourth-order valence-corrected chi connectivity index (χ4v) is 0.950. The van der Waals surface area contributed by atoms with Crippen LogP contribution in [0.15, 0.2) is 0 Å². The Hall–Kier alpha value is -0.260. The zero-order chi connectivity index (χ0) is 7.98. The van der Waals surface area contributed by atoms with Crippen molar-refractivity contribution in [2.24, 2.45) is 0 Å². The predicted octanol–water partition coefficient (Wildman–Crippen LogP) is 0.172. The summed E-state index contributed by atoms with van der Waals surface area (Å²) in [5.41, 5.74) is 1.72. The molecule has 0 bridgehead atoms. The van der Waals surface area contributed by atoms with Crippen molar-refractivity contribution in [1.82, 2.24) is 5.48 Å². The van der Waals surface area contributed by atoms with Gasteiger partial charge in [-0.05, 0) is 18.4 Å². The van der Waals surface area contributed by atoms with Crippen LogP contribution < -0.4 is 5.48 Å². The molecule has 0 saturated carbocycles. The predicted molar refractivity (Wildman–Crippen MR) is 39.3 cm³/mol. The van der Waals surface area contributed by atoms with E-state index in [4.69, 9.17) is 10.3 Å². The van der Waals surface area contributed by atoms with Gasteiger partial charge in [0.15, 0.2) is 0 Å². The van der Waals surface area contributed by atoms with Crippen molar-refractivity contribution >= 4 is 17.7 Å². The summed E-state index contributed by atoms with van der Waals surface area (Å²) in [7, 11) is 0. The van der Waals surface area contributed by atoms with E-state index in [1.54, 1.807) is 17.2 Å². The van der Waals surface area contributed by atoms with Gasteiger partial charge in [0.1, 0.15) is 6.04 Å². The molecule has 60 valence electrons. The molecular formula is C5H11NO3S. The number of rotatable bonds is 5. The van der Waals surface area contributed by atoms with E-state index in [2.05, 4.69) is 0 Å². The average Bonchev–Trinajstić information content (AvgIpc) is 1.89. The summed E-state index contributed by atoms with van der Waals surface area (Å²) < 4.78 is 0. The molecule has 0 aromatic rings. The van der Waals surface area contributed by atoms with Gasteiger partial charge in [-0.1, -0.05) is 0 Å². The van der Waals surface area contributed by atoms with Crippen LogP contribution in [0.25, 0.3) is 0 Å². The van der Waals surface area contributed by atoms with Crippen LogP contribution >= 0.6 is 11.8 Å². The first-order valence-corrected chi connectivity index (χ1v) is 4.23. The molecule has 0 aromatic carbocycles. The molecule has 4 nitrogen and oxygen atoms in total. The van der Waals surface area contributed by atoms with Crippen LogP contribution in [0.2, 0.25) is 0 Å². The Morgan fingerprint density at radius 1 is 1.80 bits per heavy atom. The first-order chi connectivity index (χ1) is 4.72. The van der Waals surface area contributed by atoms with Crippen LogP contribution in [0.4, 0.5) is 0 Å². The van der Waals surface area contributed by atoms with Gasteiger partial charge in [0.2, 0.25) is 0 Å². The zero-order valence-electron chi connectivity index (χ0n) is 5.70. The molecule has 0 aromatic heterocycles. The Balaban J connectivity index is 3.50. The number of nitrogens with one attached hydrogen (secondary N) is 1. The largest absolute Gasteiger partial charge is 0.480 e. The van der Waals surface area contributed by atoms with Gasteiger partial charge in [0.25, 0.3) is 0 Å². The SMILES string of the molecule is CSCC[C@@H](NO)C(=O)O. The lowest BCUT2D eigenvalue weighted by atomic mass is 10.2. The summed E-state index contributed by atoms with van der Waals surface area (Å²) in [4.78, 5) is 10.2. The van der Waals surface area contributed by atoms with Gasteiger partial charge < -0.3 is 10.3 Å². The molecule has 3 N–H and O–H groups in total. The number of hydrogen-bond donors (Lipinski definition) is 3.